The van der Waals surface area contributed by atoms with Gasteiger partial charge in [-0.2, -0.15) is 0 Å². The number of benzene rings is 1. The van der Waals surface area contributed by atoms with Crippen molar-refractivity contribution < 1.29 is 9.13 Å². The maximum Gasteiger partial charge on any atom is 0.124 e. The highest BCUT2D eigenvalue weighted by molar-refractivity contribution is 14.1. The van der Waals surface area contributed by atoms with E-state index >= 15 is 0 Å². The molecule has 1 aliphatic rings. The fourth-order valence-electron chi connectivity index (χ4n) is 2.77. The summed E-state index contributed by atoms with van der Waals surface area (Å²) >= 11 is 2.17. The highest BCUT2D eigenvalue weighted by atomic mass is 127. The Morgan fingerprint density at radius 1 is 1.47 bits per heavy atom. The molecule has 0 bridgehead atoms. The van der Waals surface area contributed by atoms with Gasteiger partial charge in [-0.05, 0) is 60.6 Å². The maximum atomic E-state index is 13.1. The van der Waals surface area contributed by atoms with Gasteiger partial charge in [0, 0.05) is 27.3 Å². The minimum Gasteiger partial charge on any atom is -0.381 e. The summed E-state index contributed by atoms with van der Waals surface area (Å²) in [6.45, 7) is 7.28. The van der Waals surface area contributed by atoms with Crippen molar-refractivity contribution in [3.05, 3.63) is 27.6 Å². The molecule has 19 heavy (non-hydrogen) atoms. The standard InChI is InChI=1S/C15H21FINO/c1-4-15(3)13(9-14(15)19-5-2)18-12-7-6-10(16)8-11(12)17/h6-8,13-14,18H,4-5,9H2,1-3H3. The third-order valence-corrected chi connectivity index (χ3v) is 5.26. The van der Waals surface area contributed by atoms with Gasteiger partial charge >= 0.3 is 0 Å². The van der Waals surface area contributed by atoms with Crippen molar-refractivity contribution >= 4 is 28.3 Å². The number of hydrogen-bond acceptors (Lipinski definition) is 2. The first-order valence-electron chi connectivity index (χ1n) is 6.84. The fourth-order valence-corrected chi connectivity index (χ4v) is 3.40. The lowest BCUT2D eigenvalue weighted by Gasteiger charge is -2.54. The molecule has 2 rings (SSSR count). The number of rotatable bonds is 5. The highest BCUT2D eigenvalue weighted by Gasteiger charge is 2.51. The second-order valence-electron chi connectivity index (χ2n) is 5.36. The Labute approximate surface area is 128 Å². The van der Waals surface area contributed by atoms with Crippen LogP contribution in [0.25, 0.3) is 0 Å². The van der Waals surface area contributed by atoms with E-state index in [1.807, 2.05) is 13.0 Å². The van der Waals surface area contributed by atoms with Crippen molar-refractivity contribution in [3.8, 4) is 0 Å². The number of ether oxygens (including phenoxy) is 1. The molecule has 0 spiro atoms. The summed E-state index contributed by atoms with van der Waals surface area (Å²) in [5.41, 5.74) is 1.18. The number of nitrogens with one attached hydrogen (secondary N) is 1. The van der Waals surface area contributed by atoms with Crippen LogP contribution in [0.4, 0.5) is 10.1 Å². The van der Waals surface area contributed by atoms with Gasteiger partial charge in [-0.1, -0.05) is 13.8 Å². The van der Waals surface area contributed by atoms with Gasteiger partial charge in [0.2, 0.25) is 0 Å². The third kappa shape index (κ3) is 2.89. The van der Waals surface area contributed by atoms with Gasteiger partial charge in [-0.25, -0.2) is 4.39 Å². The molecule has 1 aromatic carbocycles. The Morgan fingerprint density at radius 2 is 2.21 bits per heavy atom. The number of anilines is 1. The lowest BCUT2D eigenvalue weighted by molar-refractivity contribution is -0.109. The first-order chi connectivity index (χ1) is 9.01. The average Bonchev–Trinajstić information content (AvgIpc) is 2.39. The van der Waals surface area contributed by atoms with Crippen molar-refractivity contribution in [1.82, 2.24) is 0 Å². The average molecular weight is 377 g/mol. The molecular weight excluding hydrogens is 356 g/mol. The Balaban J connectivity index is 2.08. The van der Waals surface area contributed by atoms with Crippen molar-refractivity contribution in [2.24, 2.45) is 5.41 Å². The number of hydrogen-bond donors (Lipinski definition) is 1. The summed E-state index contributed by atoms with van der Waals surface area (Å²) in [5.74, 6) is -0.186. The molecule has 2 nitrogen and oxygen atoms in total. The van der Waals surface area contributed by atoms with E-state index in [0.717, 1.165) is 28.7 Å². The van der Waals surface area contributed by atoms with Gasteiger partial charge in [-0.3, -0.25) is 0 Å². The van der Waals surface area contributed by atoms with Crippen LogP contribution < -0.4 is 5.32 Å². The third-order valence-electron chi connectivity index (χ3n) is 4.37. The molecule has 0 heterocycles. The van der Waals surface area contributed by atoms with Crippen LogP contribution in [0.1, 0.15) is 33.6 Å². The molecular formula is C15H21FINO. The molecule has 4 heteroatoms. The summed E-state index contributed by atoms with van der Waals surface area (Å²) in [6, 6.07) is 5.28. The molecule has 0 amide bonds. The van der Waals surface area contributed by atoms with Gasteiger partial charge in [0.05, 0.1) is 6.10 Å². The van der Waals surface area contributed by atoms with E-state index in [1.54, 1.807) is 6.07 Å². The van der Waals surface area contributed by atoms with Crippen LogP contribution in [0.3, 0.4) is 0 Å². The topological polar surface area (TPSA) is 21.3 Å². The molecule has 3 unspecified atom stereocenters. The fraction of sp³-hybridized carbons (Fsp3) is 0.600. The van der Waals surface area contributed by atoms with Gasteiger partial charge < -0.3 is 10.1 Å². The first kappa shape index (κ1) is 15.0. The Hall–Kier alpha value is -0.360. The van der Waals surface area contributed by atoms with Crippen molar-refractivity contribution in [1.29, 1.82) is 0 Å². The van der Waals surface area contributed by atoms with E-state index in [9.17, 15) is 4.39 Å². The number of halogens is 2. The molecule has 3 atom stereocenters. The van der Waals surface area contributed by atoms with E-state index in [1.165, 1.54) is 6.07 Å². The van der Waals surface area contributed by atoms with Gasteiger partial charge in [-0.15, -0.1) is 0 Å². The summed E-state index contributed by atoms with van der Waals surface area (Å²) < 4.78 is 19.8. The van der Waals surface area contributed by atoms with Crippen LogP contribution in [-0.4, -0.2) is 18.8 Å². The van der Waals surface area contributed by atoms with Gasteiger partial charge in [0.1, 0.15) is 5.82 Å². The van der Waals surface area contributed by atoms with Crippen LogP contribution in [0.2, 0.25) is 0 Å². The van der Waals surface area contributed by atoms with E-state index in [0.29, 0.717) is 12.1 Å². The van der Waals surface area contributed by atoms with Crippen LogP contribution in [-0.2, 0) is 4.74 Å². The molecule has 1 saturated carbocycles. The molecule has 0 aliphatic heterocycles. The molecule has 1 N–H and O–H groups in total. The quantitative estimate of drug-likeness (QED) is 0.767. The van der Waals surface area contributed by atoms with Crippen LogP contribution in [0.5, 0.6) is 0 Å². The zero-order valence-electron chi connectivity index (χ0n) is 11.7. The minimum atomic E-state index is -0.186. The van der Waals surface area contributed by atoms with Gasteiger partial charge in [0.25, 0.3) is 0 Å². The predicted octanol–water partition coefficient (Wildman–Crippen LogP) is 4.44. The maximum absolute atomic E-state index is 13.1. The van der Waals surface area contributed by atoms with E-state index in [4.69, 9.17) is 4.74 Å². The summed E-state index contributed by atoms with van der Waals surface area (Å²) in [5, 5.41) is 3.55. The van der Waals surface area contributed by atoms with Crippen LogP contribution in [0.15, 0.2) is 18.2 Å². The van der Waals surface area contributed by atoms with Crippen molar-refractivity contribution in [3.63, 3.8) is 0 Å². The minimum absolute atomic E-state index is 0.160. The van der Waals surface area contributed by atoms with Crippen molar-refractivity contribution in [2.45, 2.75) is 45.8 Å². The first-order valence-corrected chi connectivity index (χ1v) is 7.92. The zero-order chi connectivity index (χ0) is 14.0. The summed E-state index contributed by atoms with van der Waals surface area (Å²) in [6.07, 6.45) is 2.43. The Kier molecular flexibility index (Phi) is 4.71. The largest absolute Gasteiger partial charge is 0.381 e. The van der Waals surface area contributed by atoms with Gasteiger partial charge in [0.15, 0.2) is 0 Å². The monoisotopic (exact) mass is 377 g/mol. The lowest BCUT2D eigenvalue weighted by atomic mass is 9.61. The molecule has 1 aliphatic carbocycles. The van der Waals surface area contributed by atoms with Crippen molar-refractivity contribution in [2.75, 3.05) is 11.9 Å². The molecule has 0 saturated heterocycles. The Morgan fingerprint density at radius 3 is 2.79 bits per heavy atom. The van der Waals surface area contributed by atoms with E-state index in [2.05, 4.69) is 41.8 Å². The summed E-state index contributed by atoms with van der Waals surface area (Å²) in [7, 11) is 0. The normalized spacial score (nSPS) is 29.9. The van der Waals surface area contributed by atoms with Crippen LogP contribution >= 0.6 is 22.6 Å². The lowest BCUT2D eigenvalue weighted by Crippen LogP contribution is -2.59. The molecule has 0 aromatic heterocycles. The molecule has 1 aromatic rings. The second kappa shape index (κ2) is 5.95. The van der Waals surface area contributed by atoms with E-state index in [-0.39, 0.29) is 11.2 Å². The van der Waals surface area contributed by atoms with Crippen LogP contribution in [0, 0.1) is 14.8 Å². The highest BCUT2D eigenvalue weighted by Crippen LogP contribution is 2.47. The van der Waals surface area contributed by atoms with E-state index < -0.39 is 0 Å². The second-order valence-corrected chi connectivity index (χ2v) is 6.52. The summed E-state index contributed by atoms with van der Waals surface area (Å²) in [4.78, 5) is 0. The molecule has 1 fully saturated rings. The SMILES string of the molecule is CCOC1CC(Nc2ccc(F)cc2I)C1(C)CC. The zero-order valence-corrected chi connectivity index (χ0v) is 13.8. The molecule has 106 valence electrons. The predicted molar refractivity (Wildman–Crippen MR) is 85.0 cm³/mol. The molecule has 0 radical (unpaired) electrons. The Bertz CT molecular complexity index is 454. The smallest absolute Gasteiger partial charge is 0.124 e.